The summed E-state index contributed by atoms with van der Waals surface area (Å²) in [5.41, 5.74) is 2.83. The van der Waals surface area contributed by atoms with Crippen molar-refractivity contribution in [2.45, 2.75) is 33.6 Å². The van der Waals surface area contributed by atoms with Gasteiger partial charge in [0.15, 0.2) is 5.78 Å². The fourth-order valence-corrected chi connectivity index (χ4v) is 2.00. The fourth-order valence-electron chi connectivity index (χ4n) is 2.00. The third-order valence-electron chi connectivity index (χ3n) is 2.99. The summed E-state index contributed by atoms with van der Waals surface area (Å²) >= 11 is 0. The zero-order valence-electron chi connectivity index (χ0n) is 12.1. The summed E-state index contributed by atoms with van der Waals surface area (Å²) in [5.74, 6) is -0.0125. The van der Waals surface area contributed by atoms with E-state index in [0.29, 0.717) is 12.2 Å². The van der Waals surface area contributed by atoms with E-state index in [1.807, 2.05) is 57.2 Å². The summed E-state index contributed by atoms with van der Waals surface area (Å²) in [6.45, 7) is 8.23. The predicted octanol–water partition coefficient (Wildman–Crippen LogP) is 4.33. The first-order valence-corrected chi connectivity index (χ1v) is 6.78. The number of rotatable bonds is 0. The standard InChI is InChI=1S/C15H16O2.C2H6/c1-11-10-17-9-5-7-13-6-3-4-8-14(13)12(2)15(11)16;1-2/h3-8,10,12H,9H2,1-2H3;1-2H3/b7-5-,11-10-;. The lowest BCUT2D eigenvalue weighted by atomic mass is 9.89. The van der Waals surface area contributed by atoms with Gasteiger partial charge in [-0.1, -0.05) is 51.1 Å². The minimum atomic E-state index is -0.131. The van der Waals surface area contributed by atoms with Gasteiger partial charge in [0, 0.05) is 11.5 Å². The predicted molar refractivity (Wildman–Crippen MR) is 80.0 cm³/mol. The summed E-state index contributed by atoms with van der Waals surface area (Å²) in [6, 6.07) is 7.99. The maximum absolute atomic E-state index is 12.2. The molecule has 0 radical (unpaired) electrons. The Balaban J connectivity index is 0.000000861. The lowest BCUT2D eigenvalue weighted by molar-refractivity contribution is -0.116. The lowest BCUT2D eigenvalue weighted by Crippen LogP contribution is -2.12. The third kappa shape index (κ3) is 3.82. The molecule has 0 aromatic heterocycles. The van der Waals surface area contributed by atoms with Crippen molar-refractivity contribution in [2.24, 2.45) is 0 Å². The van der Waals surface area contributed by atoms with E-state index in [1.165, 1.54) is 0 Å². The highest BCUT2D eigenvalue weighted by Gasteiger charge is 2.19. The Morgan fingerprint density at radius 3 is 2.63 bits per heavy atom. The normalized spacial score (nSPS) is 22.8. The Morgan fingerprint density at radius 1 is 1.21 bits per heavy atom. The topological polar surface area (TPSA) is 26.3 Å². The molecule has 0 bridgehead atoms. The smallest absolute Gasteiger partial charge is 0.168 e. The van der Waals surface area contributed by atoms with Gasteiger partial charge in [0.2, 0.25) is 0 Å². The highest BCUT2D eigenvalue weighted by atomic mass is 16.5. The first-order valence-electron chi connectivity index (χ1n) is 6.78. The average molecular weight is 258 g/mol. The van der Waals surface area contributed by atoms with E-state index in [0.717, 1.165) is 11.1 Å². The second-order valence-electron chi connectivity index (χ2n) is 4.25. The third-order valence-corrected chi connectivity index (χ3v) is 2.99. The van der Waals surface area contributed by atoms with Crippen LogP contribution in [0.3, 0.4) is 0 Å². The summed E-state index contributed by atoms with van der Waals surface area (Å²) in [5, 5.41) is 0. The highest BCUT2D eigenvalue weighted by molar-refractivity contribution is 5.99. The highest BCUT2D eigenvalue weighted by Crippen LogP contribution is 2.25. The number of benzene rings is 1. The van der Waals surface area contributed by atoms with Crippen LogP contribution in [0.15, 0.2) is 42.2 Å². The summed E-state index contributed by atoms with van der Waals surface area (Å²) in [7, 11) is 0. The molecule has 1 aromatic rings. The van der Waals surface area contributed by atoms with Crippen LogP contribution >= 0.6 is 0 Å². The van der Waals surface area contributed by atoms with Crippen LogP contribution in [-0.4, -0.2) is 12.4 Å². The van der Waals surface area contributed by atoms with Crippen molar-refractivity contribution in [1.82, 2.24) is 0 Å². The average Bonchev–Trinajstić information content (AvgIpc) is 2.47. The molecule has 2 rings (SSSR count). The van der Waals surface area contributed by atoms with Crippen LogP contribution in [0.2, 0.25) is 0 Å². The van der Waals surface area contributed by atoms with Crippen molar-refractivity contribution < 1.29 is 9.53 Å². The fraction of sp³-hybridized carbons (Fsp3) is 0.353. The van der Waals surface area contributed by atoms with Crippen molar-refractivity contribution in [2.75, 3.05) is 6.61 Å². The molecule has 0 fully saturated rings. The lowest BCUT2D eigenvalue weighted by Gasteiger charge is -2.15. The molecule has 0 amide bonds. The van der Waals surface area contributed by atoms with Crippen LogP contribution in [0.5, 0.6) is 0 Å². The zero-order chi connectivity index (χ0) is 14.3. The van der Waals surface area contributed by atoms with Crippen molar-refractivity contribution in [3.63, 3.8) is 0 Å². The van der Waals surface area contributed by atoms with Gasteiger partial charge in [-0.15, -0.1) is 0 Å². The van der Waals surface area contributed by atoms with Crippen LogP contribution in [0, 0.1) is 0 Å². The number of ketones is 1. The van der Waals surface area contributed by atoms with Crippen molar-refractivity contribution in [1.29, 1.82) is 0 Å². The van der Waals surface area contributed by atoms with Crippen LogP contribution in [0.25, 0.3) is 6.08 Å². The number of fused-ring (bicyclic) bond motifs is 1. The van der Waals surface area contributed by atoms with Crippen LogP contribution < -0.4 is 0 Å². The molecule has 0 saturated carbocycles. The van der Waals surface area contributed by atoms with E-state index < -0.39 is 0 Å². The van der Waals surface area contributed by atoms with Gasteiger partial charge in [-0.25, -0.2) is 0 Å². The Bertz CT molecular complexity index is 484. The first kappa shape index (κ1) is 15.2. The van der Waals surface area contributed by atoms with Crippen molar-refractivity contribution in [3.8, 4) is 0 Å². The Hall–Kier alpha value is -1.83. The quantitative estimate of drug-likeness (QED) is 0.692. The molecule has 0 aliphatic carbocycles. The van der Waals surface area contributed by atoms with Gasteiger partial charge in [-0.3, -0.25) is 4.79 Å². The Kier molecular flexibility index (Phi) is 6.07. The number of allylic oxidation sites excluding steroid dienone is 1. The second-order valence-corrected chi connectivity index (χ2v) is 4.25. The number of carbonyl (C=O) groups excluding carboxylic acids is 1. The summed E-state index contributed by atoms with van der Waals surface area (Å²) in [4.78, 5) is 12.2. The maximum atomic E-state index is 12.2. The molecule has 0 saturated heterocycles. The minimum Gasteiger partial charge on any atom is -0.497 e. The first-order chi connectivity index (χ1) is 9.20. The molecule has 1 unspecified atom stereocenters. The summed E-state index contributed by atoms with van der Waals surface area (Å²) < 4.78 is 5.29. The largest absolute Gasteiger partial charge is 0.497 e. The molecule has 1 aliphatic rings. The maximum Gasteiger partial charge on any atom is 0.168 e. The molecule has 1 aliphatic heterocycles. The summed E-state index contributed by atoms with van der Waals surface area (Å²) in [6.07, 6.45) is 5.52. The van der Waals surface area contributed by atoms with E-state index in [1.54, 1.807) is 13.2 Å². The monoisotopic (exact) mass is 258 g/mol. The van der Waals surface area contributed by atoms with Crippen LogP contribution in [0.1, 0.15) is 44.7 Å². The van der Waals surface area contributed by atoms with Gasteiger partial charge in [-0.2, -0.15) is 0 Å². The molecule has 0 N–H and O–H groups in total. The second kappa shape index (κ2) is 7.57. The van der Waals surface area contributed by atoms with Gasteiger partial charge in [0.05, 0.1) is 6.26 Å². The Morgan fingerprint density at radius 2 is 1.89 bits per heavy atom. The zero-order valence-corrected chi connectivity index (χ0v) is 12.1. The van der Waals surface area contributed by atoms with Gasteiger partial charge in [0.1, 0.15) is 6.61 Å². The molecule has 1 aromatic carbocycles. The number of Topliss-reactive ketones (excluding diaryl/α,β-unsaturated/α-hetero) is 1. The van der Waals surface area contributed by atoms with Crippen molar-refractivity contribution >= 4 is 11.9 Å². The number of carbonyl (C=O) groups is 1. The molecule has 2 nitrogen and oxygen atoms in total. The van der Waals surface area contributed by atoms with Gasteiger partial charge in [0.25, 0.3) is 0 Å². The SMILES string of the molecule is C/C1=C/OC/C=C\c2ccccc2C(C)C1=O.CC. The molecule has 2 heteroatoms. The number of ether oxygens (including phenoxy) is 1. The molecule has 1 heterocycles. The van der Waals surface area contributed by atoms with Crippen molar-refractivity contribution in [3.05, 3.63) is 53.3 Å². The van der Waals surface area contributed by atoms with Gasteiger partial charge >= 0.3 is 0 Å². The molecule has 1 atom stereocenters. The molecule has 19 heavy (non-hydrogen) atoms. The Labute approximate surface area is 115 Å². The van der Waals surface area contributed by atoms with E-state index in [2.05, 4.69) is 0 Å². The van der Waals surface area contributed by atoms with Gasteiger partial charge in [-0.05, 0) is 24.1 Å². The molecular weight excluding hydrogens is 236 g/mol. The van der Waals surface area contributed by atoms with E-state index in [4.69, 9.17) is 4.74 Å². The number of hydrogen-bond acceptors (Lipinski definition) is 2. The van der Waals surface area contributed by atoms with E-state index in [9.17, 15) is 4.79 Å². The van der Waals surface area contributed by atoms with E-state index >= 15 is 0 Å². The van der Waals surface area contributed by atoms with Crippen LogP contribution in [-0.2, 0) is 9.53 Å². The van der Waals surface area contributed by atoms with E-state index in [-0.39, 0.29) is 11.7 Å². The number of hydrogen-bond donors (Lipinski definition) is 0. The molecule has 0 spiro atoms. The molecular formula is C17H22O2. The molecule has 102 valence electrons. The van der Waals surface area contributed by atoms with Gasteiger partial charge < -0.3 is 4.74 Å². The van der Waals surface area contributed by atoms with Crippen LogP contribution in [0.4, 0.5) is 0 Å². The minimum absolute atomic E-state index is 0.118.